The second kappa shape index (κ2) is 13.3. The summed E-state index contributed by atoms with van der Waals surface area (Å²) in [6.07, 6.45) is 2.45. The molecule has 2 fully saturated rings. The van der Waals surface area contributed by atoms with Crippen molar-refractivity contribution in [3.05, 3.63) is 65.9 Å². The SMILES string of the molecule is C=C1NC(=O)CCC1N1C(=O)c2cccc(NCCCN3CCN(CCCOc4ccc(S(=C)(N)=O)cc4)CC3)c2C1=O. The summed E-state index contributed by atoms with van der Waals surface area (Å²) in [6, 6.07) is 11.7. The first kappa shape index (κ1) is 30.7. The molecular weight excluding hydrogens is 568 g/mol. The number of carbonyl (C=O) groups is 3. The van der Waals surface area contributed by atoms with Crippen LogP contribution in [0.15, 0.2) is 59.6 Å². The maximum atomic E-state index is 13.4. The molecule has 2 aromatic carbocycles. The monoisotopic (exact) mass is 608 g/mol. The smallest absolute Gasteiger partial charge is 0.264 e. The van der Waals surface area contributed by atoms with Gasteiger partial charge in [0.25, 0.3) is 11.8 Å². The lowest BCUT2D eigenvalue weighted by molar-refractivity contribution is -0.121. The van der Waals surface area contributed by atoms with E-state index in [2.05, 4.69) is 32.9 Å². The number of anilines is 1. The van der Waals surface area contributed by atoms with Gasteiger partial charge in [0.1, 0.15) is 5.75 Å². The predicted octanol–water partition coefficient (Wildman–Crippen LogP) is 1.91. The molecule has 3 amide bonds. The summed E-state index contributed by atoms with van der Waals surface area (Å²) < 4.78 is 17.6. The molecule has 0 aromatic heterocycles. The van der Waals surface area contributed by atoms with Crippen LogP contribution in [0.2, 0.25) is 0 Å². The van der Waals surface area contributed by atoms with Gasteiger partial charge in [0, 0.05) is 62.0 Å². The van der Waals surface area contributed by atoms with Crippen molar-refractivity contribution in [2.24, 2.45) is 5.14 Å². The summed E-state index contributed by atoms with van der Waals surface area (Å²) >= 11 is 0. The van der Waals surface area contributed by atoms with Crippen LogP contribution in [0.3, 0.4) is 0 Å². The minimum atomic E-state index is -2.71. The first-order valence-corrected chi connectivity index (χ1v) is 16.5. The van der Waals surface area contributed by atoms with Crippen LogP contribution in [0.1, 0.15) is 46.4 Å². The number of piperazine rings is 1. The minimum Gasteiger partial charge on any atom is -0.494 e. The minimum absolute atomic E-state index is 0.146. The maximum absolute atomic E-state index is 13.4. The number of nitrogens with zero attached hydrogens (tertiary/aromatic N) is 3. The molecule has 3 heterocycles. The molecule has 2 unspecified atom stereocenters. The Labute approximate surface area is 253 Å². The second-order valence-corrected chi connectivity index (χ2v) is 13.1. The van der Waals surface area contributed by atoms with Crippen molar-refractivity contribution in [3.8, 4) is 5.75 Å². The van der Waals surface area contributed by atoms with Gasteiger partial charge >= 0.3 is 0 Å². The Morgan fingerprint density at radius 3 is 2.30 bits per heavy atom. The van der Waals surface area contributed by atoms with Crippen molar-refractivity contribution < 1.29 is 23.3 Å². The van der Waals surface area contributed by atoms with Crippen LogP contribution >= 0.6 is 0 Å². The molecule has 0 spiro atoms. The van der Waals surface area contributed by atoms with Gasteiger partial charge < -0.3 is 25.2 Å². The van der Waals surface area contributed by atoms with Crippen molar-refractivity contribution in [3.63, 3.8) is 0 Å². The van der Waals surface area contributed by atoms with E-state index in [0.29, 0.717) is 47.0 Å². The maximum Gasteiger partial charge on any atom is 0.264 e. The zero-order valence-corrected chi connectivity index (χ0v) is 25.2. The molecule has 5 rings (SSSR count). The van der Waals surface area contributed by atoms with Gasteiger partial charge in [0.05, 0.1) is 33.5 Å². The number of benzene rings is 2. The molecule has 43 heavy (non-hydrogen) atoms. The Hall–Kier alpha value is -3.71. The third-order valence-electron chi connectivity index (χ3n) is 8.15. The number of piperidine rings is 1. The van der Waals surface area contributed by atoms with Crippen LogP contribution in [0.4, 0.5) is 5.69 Å². The fourth-order valence-corrected chi connectivity index (χ4v) is 6.39. The number of nitrogens with one attached hydrogen (secondary N) is 2. The van der Waals surface area contributed by atoms with E-state index in [1.54, 1.807) is 36.4 Å². The second-order valence-electron chi connectivity index (χ2n) is 11.2. The predicted molar refractivity (Wildman–Crippen MR) is 168 cm³/mol. The van der Waals surface area contributed by atoms with E-state index in [0.717, 1.165) is 57.9 Å². The average molecular weight is 609 g/mol. The Kier molecular flexibility index (Phi) is 9.50. The average Bonchev–Trinajstić information content (AvgIpc) is 3.24. The van der Waals surface area contributed by atoms with Crippen molar-refractivity contribution in [1.82, 2.24) is 20.0 Å². The van der Waals surface area contributed by atoms with Crippen LogP contribution in [-0.2, 0) is 14.5 Å². The van der Waals surface area contributed by atoms with Crippen molar-refractivity contribution in [1.29, 1.82) is 0 Å². The molecule has 3 aliphatic heterocycles. The molecule has 3 aliphatic rings. The largest absolute Gasteiger partial charge is 0.494 e. The molecule has 0 aliphatic carbocycles. The molecule has 11 nitrogen and oxygen atoms in total. The van der Waals surface area contributed by atoms with Gasteiger partial charge in [-0.25, -0.2) is 4.21 Å². The van der Waals surface area contributed by atoms with E-state index >= 15 is 0 Å². The first-order chi connectivity index (χ1) is 20.6. The zero-order valence-electron chi connectivity index (χ0n) is 24.4. The van der Waals surface area contributed by atoms with E-state index < -0.39 is 15.7 Å². The molecule has 230 valence electrons. The first-order valence-electron chi connectivity index (χ1n) is 14.7. The lowest BCUT2D eigenvalue weighted by atomic mass is 10.0. The number of rotatable bonds is 12. The lowest BCUT2D eigenvalue weighted by Gasteiger charge is -2.34. The van der Waals surface area contributed by atoms with Gasteiger partial charge in [0.15, 0.2) is 0 Å². The summed E-state index contributed by atoms with van der Waals surface area (Å²) in [5, 5.41) is 11.6. The molecule has 2 saturated heterocycles. The van der Waals surface area contributed by atoms with Crippen molar-refractivity contribution in [2.75, 3.05) is 57.7 Å². The molecule has 0 saturated carbocycles. The lowest BCUT2D eigenvalue weighted by Crippen LogP contribution is -2.48. The Bertz CT molecular complexity index is 1480. The topological polar surface area (TPSA) is 137 Å². The van der Waals surface area contributed by atoms with Gasteiger partial charge in [0.2, 0.25) is 5.91 Å². The summed E-state index contributed by atoms with van der Waals surface area (Å²) in [6.45, 7) is 11.1. The number of imide groups is 1. The van der Waals surface area contributed by atoms with Gasteiger partial charge in [-0.05, 0) is 68.1 Å². The summed E-state index contributed by atoms with van der Waals surface area (Å²) in [7, 11) is -2.71. The number of carbonyl (C=O) groups excluding carboxylic acids is 3. The Balaban J connectivity index is 1.01. The molecule has 2 atom stereocenters. The number of hydrogen-bond acceptors (Lipinski definition) is 8. The standard InChI is InChI=1S/C31H40N6O5S/c1-22-27(12-13-28(38)34-22)37-30(39)25-6-3-7-26(29(25)31(37)40)33-14-4-15-35-17-19-36(20-18-35)16-5-21-42-23-8-10-24(11-9-23)43(2,32)41/h3,6-11,27,33H,1-2,4-5,12-21H2,(H2,32,41)(H,34,38). The van der Waals surface area contributed by atoms with E-state index in [-0.39, 0.29) is 24.1 Å². The highest BCUT2D eigenvalue weighted by atomic mass is 32.2. The van der Waals surface area contributed by atoms with E-state index in [4.69, 9.17) is 9.88 Å². The zero-order chi connectivity index (χ0) is 30.6. The van der Waals surface area contributed by atoms with Crippen molar-refractivity contribution >= 4 is 39.0 Å². The summed E-state index contributed by atoms with van der Waals surface area (Å²) in [5.74, 6) is 3.38. The summed E-state index contributed by atoms with van der Waals surface area (Å²) in [4.78, 5) is 44.8. The molecule has 2 aromatic rings. The Morgan fingerprint density at radius 2 is 1.65 bits per heavy atom. The molecule has 4 N–H and O–H groups in total. The quantitative estimate of drug-likeness (QED) is 0.189. The number of nitrogens with two attached hydrogens (primary N) is 1. The van der Waals surface area contributed by atoms with Crippen LogP contribution in [-0.4, -0.2) is 101 Å². The molecule has 12 heteroatoms. The van der Waals surface area contributed by atoms with Crippen LogP contribution in [0.25, 0.3) is 0 Å². The van der Waals surface area contributed by atoms with Gasteiger partial charge in [-0.1, -0.05) is 12.6 Å². The van der Waals surface area contributed by atoms with E-state index in [9.17, 15) is 18.6 Å². The van der Waals surface area contributed by atoms with Crippen LogP contribution in [0.5, 0.6) is 5.75 Å². The molecule has 0 bridgehead atoms. The molecular formula is C31H40N6O5S. The molecule has 0 radical (unpaired) electrons. The fourth-order valence-electron chi connectivity index (χ4n) is 5.79. The third kappa shape index (κ3) is 7.27. The number of ether oxygens (including phenoxy) is 1. The fraction of sp³-hybridized carbons (Fsp3) is 0.419. The van der Waals surface area contributed by atoms with Crippen molar-refractivity contribution in [2.45, 2.75) is 36.6 Å². The van der Waals surface area contributed by atoms with E-state index in [1.807, 2.05) is 6.07 Å². The van der Waals surface area contributed by atoms with Gasteiger partial charge in [-0.3, -0.25) is 24.4 Å². The normalized spacial score (nSPS) is 21.0. The van der Waals surface area contributed by atoms with Gasteiger partial charge in [-0.15, -0.1) is 0 Å². The summed E-state index contributed by atoms with van der Waals surface area (Å²) in [5.41, 5.74) is 1.83. The van der Waals surface area contributed by atoms with Crippen LogP contribution in [0, 0.1) is 0 Å². The number of fused-ring (bicyclic) bond motifs is 1. The highest BCUT2D eigenvalue weighted by Gasteiger charge is 2.43. The number of amides is 3. The highest BCUT2D eigenvalue weighted by Crippen LogP contribution is 2.33. The number of hydrogen-bond donors (Lipinski definition) is 3. The van der Waals surface area contributed by atoms with E-state index in [1.165, 1.54) is 4.90 Å². The third-order valence-corrected chi connectivity index (χ3v) is 9.22. The van der Waals surface area contributed by atoms with Gasteiger partial charge in [-0.2, -0.15) is 0 Å². The highest BCUT2D eigenvalue weighted by molar-refractivity contribution is 7.98. The van der Waals surface area contributed by atoms with Crippen LogP contribution < -0.4 is 20.5 Å². The Morgan fingerprint density at radius 1 is 0.977 bits per heavy atom.